The molecular formula is C22H24N2O2. The summed E-state index contributed by atoms with van der Waals surface area (Å²) in [5, 5.41) is 4.05. The molecule has 0 radical (unpaired) electrons. The van der Waals surface area contributed by atoms with Crippen LogP contribution in [0.25, 0.3) is 0 Å². The van der Waals surface area contributed by atoms with Crippen LogP contribution in [0.2, 0.25) is 0 Å². The van der Waals surface area contributed by atoms with E-state index >= 15 is 0 Å². The molecule has 4 heteroatoms. The van der Waals surface area contributed by atoms with Crippen molar-refractivity contribution in [3.05, 3.63) is 83.2 Å². The summed E-state index contributed by atoms with van der Waals surface area (Å²) < 4.78 is 11.5. The molecule has 0 unspecified atom stereocenters. The third-order valence-electron chi connectivity index (χ3n) is 4.87. The predicted octanol–water partition coefficient (Wildman–Crippen LogP) is 4.90. The molecule has 0 spiro atoms. The van der Waals surface area contributed by atoms with Crippen LogP contribution in [0.1, 0.15) is 41.5 Å². The SMILES string of the molecule is Cc1cc([C@@H]2CCCN2Cc2cccc(OCc3ccccc3)c2)on1. The molecule has 2 heterocycles. The first-order chi connectivity index (χ1) is 12.8. The van der Waals surface area contributed by atoms with Crippen LogP contribution < -0.4 is 4.74 Å². The fourth-order valence-corrected chi connectivity index (χ4v) is 3.59. The van der Waals surface area contributed by atoms with Crippen LogP contribution in [-0.4, -0.2) is 16.6 Å². The standard InChI is InChI=1S/C22H24N2O2/c1-17-13-22(26-23-17)21-11-6-12-24(21)15-19-9-5-10-20(14-19)25-16-18-7-3-2-4-8-18/h2-5,7-10,13-14,21H,6,11-12,15-16H2,1H3/t21-/m0/s1. The predicted molar refractivity (Wildman–Crippen MR) is 101 cm³/mol. The van der Waals surface area contributed by atoms with E-state index in [0.29, 0.717) is 12.6 Å². The molecule has 0 N–H and O–H groups in total. The van der Waals surface area contributed by atoms with Crippen molar-refractivity contribution in [2.45, 2.75) is 39.0 Å². The molecule has 0 saturated carbocycles. The molecule has 1 aliphatic heterocycles. The lowest BCUT2D eigenvalue weighted by Gasteiger charge is -2.22. The molecule has 1 aliphatic rings. The van der Waals surface area contributed by atoms with E-state index in [1.807, 2.05) is 31.2 Å². The summed E-state index contributed by atoms with van der Waals surface area (Å²) in [7, 11) is 0. The molecule has 1 saturated heterocycles. The van der Waals surface area contributed by atoms with E-state index in [1.54, 1.807) is 0 Å². The second kappa shape index (κ2) is 7.75. The van der Waals surface area contributed by atoms with E-state index in [0.717, 1.165) is 36.7 Å². The molecule has 4 nitrogen and oxygen atoms in total. The molecule has 3 aromatic rings. The van der Waals surface area contributed by atoms with Gasteiger partial charge in [0, 0.05) is 12.6 Å². The Hall–Kier alpha value is -2.59. The zero-order valence-corrected chi connectivity index (χ0v) is 15.1. The molecule has 26 heavy (non-hydrogen) atoms. The first kappa shape index (κ1) is 16.9. The highest BCUT2D eigenvalue weighted by atomic mass is 16.5. The van der Waals surface area contributed by atoms with Gasteiger partial charge >= 0.3 is 0 Å². The summed E-state index contributed by atoms with van der Waals surface area (Å²) in [6.45, 7) is 4.54. The van der Waals surface area contributed by atoms with Gasteiger partial charge in [-0.3, -0.25) is 4.90 Å². The summed E-state index contributed by atoms with van der Waals surface area (Å²) in [4.78, 5) is 2.47. The Morgan fingerprint density at radius 2 is 1.92 bits per heavy atom. The lowest BCUT2D eigenvalue weighted by molar-refractivity contribution is 0.206. The van der Waals surface area contributed by atoms with Crippen molar-refractivity contribution in [2.24, 2.45) is 0 Å². The Morgan fingerprint density at radius 1 is 1.08 bits per heavy atom. The number of ether oxygens (including phenoxy) is 1. The van der Waals surface area contributed by atoms with Gasteiger partial charge in [-0.05, 0) is 49.6 Å². The van der Waals surface area contributed by atoms with Gasteiger partial charge in [-0.25, -0.2) is 0 Å². The van der Waals surface area contributed by atoms with Gasteiger partial charge in [0.1, 0.15) is 12.4 Å². The van der Waals surface area contributed by atoms with Gasteiger partial charge in [-0.2, -0.15) is 0 Å². The molecule has 134 valence electrons. The van der Waals surface area contributed by atoms with Gasteiger partial charge in [-0.1, -0.05) is 47.6 Å². The van der Waals surface area contributed by atoms with Crippen molar-refractivity contribution < 1.29 is 9.26 Å². The van der Waals surface area contributed by atoms with Crippen LogP contribution in [0, 0.1) is 6.92 Å². The fraction of sp³-hybridized carbons (Fsp3) is 0.318. The Kier molecular flexibility index (Phi) is 5.02. The quantitative estimate of drug-likeness (QED) is 0.635. The highest BCUT2D eigenvalue weighted by Crippen LogP contribution is 2.33. The third kappa shape index (κ3) is 3.97. The lowest BCUT2D eigenvalue weighted by Crippen LogP contribution is -2.22. The maximum Gasteiger partial charge on any atom is 0.154 e. The van der Waals surface area contributed by atoms with E-state index in [2.05, 4.69) is 46.5 Å². The van der Waals surface area contributed by atoms with E-state index in [1.165, 1.54) is 17.5 Å². The molecule has 0 aliphatic carbocycles. The van der Waals surface area contributed by atoms with E-state index in [-0.39, 0.29) is 0 Å². The van der Waals surface area contributed by atoms with Crippen molar-refractivity contribution in [2.75, 3.05) is 6.54 Å². The highest BCUT2D eigenvalue weighted by molar-refractivity contribution is 5.29. The molecule has 4 rings (SSSR count). The summed E-state index contributed by atoms with van der Waals surface area (Å²) in [6.07, 6.45) is 2.31. The Bertz CT molecular complexity index is 844. The fourth-order valence-electron chi connectivity index (χ4n) is 3.59. The zero-order valence-electron chi connectivity index (χ0n) is 15.1. The maximum absolute atomic E-state index is 5.96. The average molecular weight is 348 g/mol. The average Bonchev–Trinajstić information content (AvgIpc) is 3.30. The first-order valence-corrected chi connectivity index (χ1v) is 9.21. The minimum Gasteiger partial charge on any atom is -0.489 e. The minimum absolute atomic E-state index is 0.324. The summed E-state index contributed by atoms with van der Waals surface area (Å²) in [6, 6.07) is 21.0. The number of hydrogen-bond donors (Lipinski definition) is 0. The molecule has 1 atom stereocenters. The monoisotopic (exact) mass is 348 g/mol. The number of hydrogen-bond acceptors (Lipinski definition) is 4. The van der Waals surface area contributed by atoms with Crippen molar-refractivity contribution in [3.8, 4) is 5.75 Å². The van der Waals surface area contributed by atoms with Crippen LogP contribution in [0.15, 0.2) is 65.2 Å². The molecule has 1 aromatic heterocycles. The summed E-state index contributed by atoms with van der Waals surface area (Å²) >= 11 is 0. The third-order valence-corrected chi connectivity index (χ3v) is 4.87. The number of aryl methyl sites for hydroxylation is 1. The van der Waals surface area contributed by atoms with Gasteiger partial charge in [0.15, 0.2) is 5.76 Å². The number of likely N-dealkylation sites (tertiary alicyclic amines) is 1. The lowest BCUT2D eigenvalue weighted by atomic mass is 10.1. The van der Waals surface area contributed by atoms with Crippen molar-refractivity contribution in [3.63, 3.8) is 0 Å². The zero-order chi connectivity index (χ0) is 17.8. The van der Waals surface area contributed by atoms with Crippen LogP contribution in [-0.2, 0) is 13.2 Å². The second-order valence-corrected chi connectivity index (χ2v) is 6.92. The highest BCUT2D eigenvalue weighted by Gasteiger charge is 2.29. The summed E-state index contributed by atoms with van der Waals surface area (Å²) in [5.41, 5.74) is 3.39. The van der Waals surface area contributed by atoms with Crippen LogP contribution in [0.5, 0.6) is 5.75 Å². The van der Waals surface area contributed by atoms with Gasteiger partial charge < -0.3 is 9.26 Å². The second-order valence-electron chi connectivity index (χ2n) is 6.92. The summed E-state index contributed by atoms with van der Waals surface area (Å²) in [5.74, 6) is 1.90. The van der Waals surface area contributed by atoms with E-state index < -0.39 is 0 Å². The number of benzene rings is 2. The van der Waals surface area contributed by atoms with Crippen molar-refractivity contribution in [1.82, 2.24) is 10.1 Å². The Morgan fingerprint density at radius 3 is 2.73 bits per heavy atom. The van der Waals surface area contributed by atoms with Gasteiger partial charge in [0.25, 0.3) is 0 Å². The van der Waals surface area contributed by atoms with Crippen LogP contribution in [0.4, 0.5) is 0 Å². The maximum atomic E-state index is 5.96. The topological polar surface area (TPSA) is 38.5 Å². The Labute approximate surface area is 154 Å². The number of rotatable bonds is 6. The normalized spacial score (nSPS) is 17.5. The minimum atomic E-state index is 0.324. The van der Waals surface area contributed by atoms with E-state index in [9.17, 15) is 0 Å². The molecule has 2 aromatic carbocycles. The van der Waals surface area contributed by atoms with Crippen LogP contribution >= 0.6 is 0 Å². The van der Waals surface area contributed by atoms with Gasteiger partial charge in [0.05, 0.1) is 11.7 Å². The largest absolute Gasteiger partial charge is 0.489 e. The number of aromatic nitrogens is 1. The van der Waals surface area contributed by atoms with Gasteiger partial charge in [-0.15, -0.1) is 0 Å². The number of nitrogens with zero attached hydrogens (tertiary/aromatic N) is 2. The smallest absolute Gasteiger partial charge is 0.154 e. The van der Waals surface area contributed by atoms with Crippen molar-refractivity contribution in [1.29, 1.82) is 0 Å². The van der Waals surface area contributed by atoms with Gasteiger partial charge in [0.2, 0.25) is 0 Å². The van der Waals surface area contributed by atoms with Crippen LogP contribution in [0.3, 0.4) is 0 Å². The molecule has 1 fully saturated rings. The molecule has 0 amide bonds. The van der Waals surface area contributed by atoms with Crippen molar-refractivity contribution >= 4 is 0 Å². The van der Waals surface area contributed by atoms with E-state index in [4.69, 9.17) is 9.26 Å². The molecule has 0 bridgehead atoms. The molecular weight excluding hydrogens is 324 g/mol. The Balaban J connectivity index is 1.41. The first-order valence-electron chi connectivity index (χ1n) is 9.21.